The van der Waals surface area contributed by atoms with E-state index in [9.17, 15) is 4.21 Å². The largest absolute Gasteiger partial charge is 0.496 e. The number of nitrogens with two attached hydrogens (primary N) is 1. The molecule has 0 aromatic carbocycles. The molecule has 0 bridgehead atoms. The monoisotopic (exact) mass is 282 g/mol. The second-order valence-electron chi connectivity index (χ2n) is 5.69. The minimum atomic E-state index is -1.19. The van der Waals surface area contributed by atoms with E-state index in [1.807, 2.05) is 27.7 Å². The number of aromatic nitrogens is 1. The third kappa shape index (κ3) is 2.54. The van der Waals surface area contributed by atoms with Gasteiger partial charge >= 0.3 is 7.12 Å². The summed E-state index contributed by atoms with van der Waals surface area (Å²) in [4.78, 5) is 4.57. The first-order valence-electron chi connectivity index (χ1n) is 6.08. The number of nitrogens with zero attached hydrogens (tertiary/aromatic N) is 1. The first-order valence-corrected chi connectivity index (χ1v) is 7.64. The van der Waals surface area contributed by atoms with Crippen LogP contribution in [0.5, 0.6) is 0 Å². The van der Waals surface area contributed by atoms with Crippen molar-refractivity contribution in [1.82, 2.24) is 4.98 Å². The average Bonchev–Trinajstić information content (AvgIpc) is 2.48. The van der Waals surface area contributed by atoms with E-state index in [0.29, 0.717) is 4.90 Å². The Labute approximate surface area is 116 Å². The summed E-state index contributed by atoms with van der Waals surface area (Å²) < 4.78 is 23.4. The predicted molar refractivity (Wildman–Crippen MR) is 76.7 cm³/mol. The Morgan fingerprint density at radius 3 is 2.26 bits per heavy atom. The Kier molecular flexibility index (Phi) is 3.49. The lowest BCUT2D eigenvalue weighted by molar-refractivity contribution is 0.00578. The second-order valence-corrected chi connectivity index (χ2v) is 7.04. The molecule has 0 amide bonds. The summed E-state index contributed by atoms with van der Waals surface area (Å²) in [6.07, 6.45) is 3.18. The van der Waals surface area contributed by atoms with E-state index in [4.69, 9.17) is 15.0 Å². The van der Waals surface area contributed by atoms with E-state index >= 15 is 0 Å². The number of anilines is 1. The van der Waals surface area contributed by atoms with E-state index in [1.165, 1.54) is 0 Å². The summed E-state index contributed by atoms with van der Waals surface area (Å²) in [5, 5.41) is 0. The van der Waals surface area contributed by atoms with Crippen LogP contribution in [0.1, 0.15) is 27.7 Å². The van der Waals surface area contributed by atoms with Gasteiger partial charge in [0.05, 0.1) is 26.9 Å². The normalized spacial score (nSPS) is 22.5. The Morgan fingerprint density at radius 1 is 1.26 bits per heavy atom. The molecule has 19 heavy (non-hydrogen) atoms. The highest BCUT2D eigenvalue weighted by Crippen LogP contribution is 2.36. The van der Waals surface area contributed by atoms with Crippen LogP contribution in [0.3, 0.4) is 0 Å². The van der Waals surface area contributed by atoms with E-state index in [0.717, 1.165) is 5.46 Å². The summed E-state index contributed by atoms with van der Waals surface area (Å²) in [7, 11) is -1.70. The molecule has 0 radical (unpaired) electrons. The zero-order chi connectivity index (χ0) is 14.4. The van der Waals surface area contributed by atoms with Crippen LogP contribution < -0.4 is 11.2 Å². The lowest BCUT2D eigenvalue weighted by atomic mass is 9.80. The molecule has 2 rings (SSSR count). The molecular formula is C12H19BN2O3S. The highest BCUT2D eigenvalue weighted by Gasteiger charge is 2.51. The zero-order valence-electron chi connectivity index (χ0n) is 11.9. The first-order chi connectivity index (χ1) is 8.64. The smallest absolute Gasteiger partial charge is 0.399 e. The van der Waals surface area contributed by atoms with Gasteiger partial charge in [0.15, 0.2) is 0 Å². The van der Waals surface area contributed by atoms with Gasteiger partial charge in [-0.15, -0.1) is 0 Å². The third-order valence-electron chi connectivity index (χ3n) is 3.74. The first kappa shape index (κ1) is 14.5. The van der Waals surface area contributed by atoms with Crippen molar-refractivity contribution in [2.45, 2.75) is 43.8 Å². The van der Waals surface area contributed by atoms with Crippen molar-refractivity contribution in [3.63, 3.8) is 0 Å². The standard InChI is InChI=1S/C12H19BN2O3S/c1-11(2)12(3,4)18-13(17-11)8-6-9(19(5)16)10(14)15-7-8/h6-7H,1-5H3,(H2,14,15). The van der Waals surface area contributed by atoms with Crippen molar-refractivity contribution < 1.29 is 13.5 Å². The highest BCUT2D eigenvalue weighted by molar-refractivity contribution is 7.84. The van der Waals surface area contributed by atoms with Crippen LogP contribution in [-0.4, -0.2) is 33.8 Å². The van der Waals surface area contributed by atoms with Crippen molar-refractivity contribution in [3.8, 4) is 0 Å². The molecule has 0 spiro atoms. The molecule has 104 valence electrons. The van der Waals surface area contributed by atoms with Crippen molar-refractivity contribution in [1.29, 1.82) is 0 Å². The molecule has 1 saturated heterocycles. The summed E-state index contributed by atoms with van der Waals surface area (Å²) >= 11 is 0. The topological polar surface area (TPSA) is 74.4 Å². The summed E-state index contributed by atoms with van der Waals surface area (Å²) in [5.41, 5.74) is 5.62. The number of nitrogen functional groups attached to an aromatic ring is 1. The number of hydrogen-bond donors (Lipinski definition) is 1. The maximum Gasteiger partial charge on any atom is 0.496 e. The molecule has 2 N–H and O–H groups in total. The van der Waals surface area contributed by atoms with Crippen LogP contribution in [0.25, 0.3) is 0 Å². The second kappa shape index (κ2) is 4.57. The molecule has 1 aliphatic heterocycles. The average molecular weight is 282 g/mol. The molecule has 0 aliphatic carbocycles. The van der Waals surface area contributed by atoms with E-state index < -0.39 is 29.1 Å². The van der Waals surface area contributed by atoms with Crippen LogP contribution in [0.15, 0.2) is 17.2 Å². The van der Waals surface area contributed by atoms with Crippen LogP contribution >= 0.6 is 0 Å². The van der Waals surface area contributed by atoms with E-state index in [-0.39, 0.29) is 5.82 Å². The van der Waals surface area contributed by atoms with Crippen molar-refractivity contribution in [2.75, 3.05) is 12.0 Å². The molecule has 1 fully saturated rings. The molecule has 2 heterocycles. The van der Waals surface area contributed by atoms with Gasteiger partial charge in [-0.25, -0.2) is 4.98 Å². The quantitative estimate of drug-likeness (QED) is 0.808. The van der Waals surface area contributed by atoms with Crippen molar-refractivity contribution in [2.24, 2.45) is 0 Å². The molecule has 1 unspecified atom stereocenters. The van der Waals surface area contributed by atoms with Gasteiger partial charge in [0, 0.05) is 17.9 Å². The molecule has 0 saturated carbocycles. The fraction of sp³-hybridized carbons (Fsp3) is 0.583. The molecule has 1 atom stereocenters. The van der Waals surface area contributed by atoms with Crippen LogP contribution in [0.2, 0.25) is 0 Å². The van der Waals surface area contributed by atoms with Crippen LogP contribution in [0, 0.1) is 0 Å². The van der Waals surface area contributed by atoms with Gasteiger partial charge in [-0.3, -0.25) is 4.21 Å². The number of pyridine rings is 1. The third-order valence-corrected chi connectivity index (χ3v) is 4.68. The fourth-order valence-corrected chi connectivity index (χ4v) is 2.46. The number of rotatable bonds is 2. The molecule has 7 heteroatoms. The maximum atomic E-state index is 11.6. The van der Waals surface area contributed by atoms with Gasteiger partial charge in [0.25, 0.3) is 0 Å². The fourth-order valence-electron chi connectivity index (χ4n) is 1.81. The van der Waals surface area contributed by atoms with Gasteiger partial charge in [-0.1, -0.05) is 0 Å². The Morgan fingerprint density at radius 2 is 1.79 bits per heavy atom. The van der Waals surface area contributed by atoms with E-state index in [1.54, 1.807) is 18.5 Å². The van der Waals surface area contributed by atoms with E-state index in [2.05, 4.69) is 4.98 Å². The SMILES string of the molecule is CS(=O)c1cc(B2OC(C)(C)C(C)(C)O2)cnc1N. The van der Waals surface area contributed by atoms with Crippen molar-refractivity contribution in [3.05, 3.63) is 12.3 Å². The lowest BCUT2D eigenvalue weighted by Crippen LogP contribution is -2.41. The van der Waals surface area contributed by atoms with Gasteiger partial charge in [0.1, 0.15) is 5.82 Å². The van der Waals surface area contributed by atoms with Gasteiger partial charge in [-0.05, 0) is 33.8 Å². The summed E-state index contributed by atoms with van der Waals surface area (Å²) in [6.45, 7) is 7.93. The molecule has 1 aliphatic rings. The Balaban J connectivity index is 2.35. The number of hydrogen-bond acceptors (Lipinski definition) is 5. The predicted octanol–water partition coefficient (Wildman–Crippen LogP) is 0.700. The molecule has 1 aromatic heterocycles. The van der Waals surface area contributed by atoms with Crippen LogP contribution in [-0.2, 0) is 20.1 Å². The van der Waals surface area contributed by atoms with Gasteiger partial charge in [0.2, 0.25) is 0 Å². The molecule has 5 nitrogen and oxygen atoms in total. The Bertz CT molecular complexity index is 518. The van der Waals surface area contributed by atoms with Gasteiger partial charge in [-0.2, -0.15) is 0 Å². The summed E-state index contributed by atoms with van der Waals surface area (Å²) in [5.74, 6) is 0.279. The van der Waals surface area contributed by atoms with Gasteiger partial charge < -0.3 is 15.0 Å². The zero-order valence-corrected chi connectivity index (χ0v) is 12.7. The Hall–Kier alpha value is -0.915. The highest BCUT2D eigenvalue weighted by atomic mass is 32.2. The maximum absolute atomic E-state index is 11.6. The molecule has 1 aromatic rings. The minimum Gasteiger partial charge on any atom is -0.399 e. The van der Waals surface area contributed by atoms with Crippen LogP contribution in [0.4, 0.5) is 5.82 Å². The lowest BCUT2D eigenvalue weighted by Gasteiger charge is -2.32. The van der Waals surface area contributed by atoms with Crippen molar-refractivity contribution >= 4 is 29.2 Å². The minimum absolute atomic E-state index is 0.279. The molecular weight excluding hydrogens is 263 g/mol. The summed E-state index contributed by atoms with van der Waals surface area (Å²) in [6, 6.07) is 1.74.